The maximum atomic E-state index is 5.86. The molecule has 0 N–H and O–H groups in total. The Morgan fingerprint density at radius 1 is 1.10 bits per heavy atom. The Labute approximate surface area is 122 Å². The molecule has 20 heavy (non-hydrogen) atoms. The number of imidazole rings is 1. The number of nitrogens with zero attached hydrogens (tertiary/aromatic N) is 2. The van der Waals surface area contributed by atoms with Gasteiger partial charge in [-0.1, -0.05) is 23.7 Å². The Kier molecular flexibility index (Phi) is 3.61. The zero-order valence-electron chi connectivity index (χ0n) is 11.2. The van der Waals surface area contributed by atoms with Gasteiger partial charge >= 0.3 is 0 Å². The van der Waals surface area contributed by atoms with Gasteiger partial charge in [-0.05, 0) is 43.3 Å². The minimum absolute atomic E-state index is 0.449. The number of hydrogen-bond acceptors (Lipinski definition) is 2. The molecular formula is C16H15ClN2O. The summed E-state index contributed by atoms with van der Waals surface area (Å²) in [6.45, 7) is 3.43. The second kappa shape index (κ2) is 5.55. The second-order valence-corrected chi connectivity index (χ2v) is 4.94. The van der Waals surface area contributed by atoms with Gasteiger partial charge in [0.05, 0.1) is 11.0 Å². The molecule has 3 aromatic rings. The number of rotatable bonds is 4. The average Bonchev–Trinajstić information content (AvgIpc) is 2.84. The Hall–Kier alpha value is -2.00. The average molecular weight is 287 g/mol. The largest absolute Gasteiger partial charge is 0.486 e. The van der Waals surface area contributed by atoms with Crippen LogP contribution in [0.5, 0.6) is 5.75 Å². The summed E-state index contributed by atoms with van der Waals surface area (Å²) in [6, 6.07) is 15.5. The van der Waals surface area contributed by atoms with Crippen LogP contribution in [-0.2, 0) is 13.2 Å². The number of para-hydroxylation sites is 2. The van der Waals surface area contributed by atoms with Crippen molar-refractivity contribution in [3.63, 3.8) is 0 Å². The van der Waals surface area contributed by atoms with Crippen LogP contribution in [0.1, 0.15) is 12.7 Å². The molecule has 0 aliphatic rings. The van der Waals surface area contributed by atoms with Gasteiger partial charge in [0, 0.05) is 11.6 Å². The van der Waals surface area contributed by atoms with Crippen LogP contribution < -0.4 is 4.74 Å². The van der Waals surface area contributed by atoms with Crippen molar-refractivity contribution in [3.05, 3.63) is 59.4 Å². The van der Waals surface area contributed by atoms with Crippen molar-refractivity contribution < 1.29 is 4.74 Å². The Balaban J connectivity index is 1.85. The number of benzene rings is 2. The smallest absolute Gasteiger partial charge is 0.147 e. The third kappa shape index (κ3) is 2.49. The molecule has 0 atom stereocenters. The summed E-state index contributed by atoms with van der Waals surface area (Å²) in [5, 5.41) is 0.707. The fraction of sp³-hybridized carbons (Fsp3) is 0.188. The summed E-state index contributed by atoms with van der Waals surface area (Å²) < 4.78 is 7.95. The molecular weight excluding hydrogens is 272 g/mol. The lowest BCUT2D eigenvalue weighted by Gasteiger charge is -2.08. The molecule has 0 unspecified atom stereocenters. The van der Waals surface area contributed by atoms with Crippen LogP contribution >= 0.6 is 11.6 Å². The molecule has 1 aromatic heterocycles. The number of halogens is 1. The fourth-order valence-electron chi connectivity index (χ4n) is 2.27. The van der Waals surface area contributed by atoms with Gasteiger partial charge in [0.2, 0.25) is 0 Å². The van der Waals surface area contributed by atoms with Crippen molar-refractivity contribution in [3.8, 4) is 5.75 Å². The van der Waals surface area contributed by atoms with Gasteiger partial charge in [0.1, 0.15) is 18.2 Å². The molecule has 0 amide bonds. The molecule has 102 valence electrons. The van der Waals surface area contributed by atoms with Crippen molar-refractivity contribution in [2.24, 2.45) is 0 Å². The van der Waals surface area contributed by atoms with Crippen molar-refractivity contribution in [2.75, 3.05) is 0 Å². The van der Waals surface area contributed by atoms with Crippen molar-refractivity contribution in [1.82, 2.24) is 9.55 Å². The maximum absolute atomic E-state index is 5.86. The molecule has 0 aliphatic carbocycles. The number of ether oxygens (including phenoxy) is 1. The SMILES string of the molecule is CCn1c(COc2ccc(Cl)cc2)nc2ccccc21. The minimum atomic E-state index is 0.449. The Morgan fingerprint density at radius 2 is 1.85 bits per heavy atom. The van der Waals surface area contributed by atoms with Gasteiger partial charge in [0.15, 0.2) is 0 Å². The van der Waals surface area contributed by atoms with Gasteiger partial charge < -0.3 is 9.30 Å². The highest BCUT2D eigenvalue weighted by atomic mass is 35.5. The van der Waals surface area contributed by atoms with E-state index >= 15 is 0 Å². The summed E-state index contributed by atoms with van der Waals surface area (Å²) in [5.41, 5.74) is 2.15. The molecule has 0 fully saturated rings. The first-order valence-corrected chi connectivity index (χ1v) is 6.98. The van der Waals surface area contributed by atoms with E-state index in [0.717, 1.165) is 29.2 Å². The quantitative estimate of drug-likeness (QED) is 0.715. The van der Waals surface area contributed by atoms with E-state index in [1.165, 1.54) is 0 Å². The Bertz CT molecular complexity index is 719. The summed E-state index contributed by atoms with van der Waals surface area (Å²) >= 11 is 5.86. The summed E-state index contributed by atoms with van der Waals surface area (Å²) in [6.07, 6.45) is 0. The molecule has 0 bridgehead atoms. The lowest BCUT2D eigenvalue weighted by molar-refractivity contribution is 0.291. The van der Waals surface area contributed by atoms with Crippen LogP contribution in [0.3, 0.4) is 0 Å². The van der Waals surface area contributed by atoms with Gasteiger partial charge in [0.25, 0.3) is 0 Å². The van der Waals surface area contributed by atoms with E-state index in [1.807, 2.05) is 42.5 Å². The molecule has 0 radical (unpaired) electrons. The first kappa shape index (κ1) is 13.0. The van der Waals surface area contributed by atoms with Crippen LogP contribution in [0.4, 0.5) is 0 Å². The maximum Gasteiger partial charge on any atom is 0.147 e. The minimum Gasteiger partial charge on any atom is -0.486 e. The summed E-state index contributed by atoms with van der Waals surface area (Å²) in [4.78, 5) is 4.63. The lowest BCUT2D eigenvalue weighted by Crippen LogP contribution is -2.05. The first-order chi connectivity index (χ1) is 9.78. The van der Waals surface area contributed by atoms with Gasteiger partial charge in [-0.25, -0.2) is 4.98 Å². The van der Waals surface area contributed by atoms with E-state index in [0.29, 0.717) is 11.6 Å². The highest BCUT2D eigenvalue weighted by molar-refractivity contribution is 6.30. The van der Waals surface area contributed by atoms with Crippen LogP contribution in [-0.4, -0.2) is 9.55 Å². The van der Waals surface area contributed by atoms with Crippen LogP contribution in [0.15, 0.2) is 48.5 Å². The molecule has 3 rings (SSSR count). The van der Waals surface area contributed by atoms with Gasteiger partial charge in [-0.2, -0.15) is 0 Å². The van der Waals surface area contributed by atoms with Crippen LogP contribution in [0.25, 0.3) is 11.0 Å². The number of aryl methyl sites for hydroxylation is 1. The van der Waals surface area contributed by atoms with Crippen molar-refractivity contribution in [2.45, 2.75) is 20.1 Å². The molecule has 0 saturated carbocycles. The van der Waals surface area contributed by atoms with Gasteiger partial charge in [-0.15, -0.1) is 0 Å². The fourth-order valence-corrected chi connectivity index (χ4v) is 2.39. The normalized spacial score (nSPS) is 10.9. The molecule has 4 heteroatoms. The van der Waals surface area contributed by atoms with E-state index in [4.69, 9.17) is 16.3 Å². The van der Waals surface area contributed by atoms with E-state index in [2.05, 4.69) is 22.5 Å². The highest BCUT2D eigenvalue weighted by Crippen LogP contribution is 2.19. The summed E-state index contributed by atoms with van der Waals surface area (Å²) in [5.74, 6) is 1.73. The summed E-state index contributed by atoms with van der Waals surface area (Å²) in [7, 11) is 0. The molecule has 0 saturated heterocycles. The molecule has 3 nitrogen and oxygen atoms in total. The van der Waals surface area contributed by atoms with E-state index in [1.54, 1.807) is 0 Å². The predicted octanol–water partition coefficient (Wildman–Crippen LogP) is 4.29. The highest BCUT2D eigenvalue weighted by Gasteiger charge is 2.09. The third-order valence-corrected chi connectivity index (χ3v) is 3.48. The number of aromatic nitrogens is 2. The zero-order valence-corrected chi connectivity index (χ0v) is 12.0. The zero-order chi connectivity index (χ0) is 13.9. The molecule has 0 spiro atoms. The van der Waals surface area contributed by atoms with E-state index < -0.39 is 0 Å². The second-order valence-electron chi connectivity index (χ2n) is 4.50. The standard InChI is InChI=1S/C16H15ClN2O/c1-2-19-15-6-4-3-5-14(15)18-16(19)11-20-13-9-7-12(17)8-10-13/h3-10H,2,11H2,1H3. The first-order valence-electron chi connectivity index (χ1n) is 6.60. The molecule has 2 aromatic carbocycles. The third-order valence-electron chi connectivity index (χ3n) is 3.23. The monoisotopic (exact) mass is 286 g/mol. The number of hydrogen-bond donors (Lipinski definition) is 0. The topological polar surface area (TPSA) is 27.1 Å². The van der Waals surface area contributed by atoms with Crippen molar-refractivity contribution >= 4 is 22.6 Å². The molecule has 0 aliphatic heterocycles. The number of fused-ring (bicyclic) bond motifs is 1. The van der Waals surface area contributed by atoms with Crippen LogP contribution in [0, 0.1) is 0 Å². The molecule has 1 heterocycles. The predicted molar refractivity (Wildman–Crippen MR) is 81.2 cm³/mol. The van der Waals surface area contributed by atoms with Crippen molar-refractivity contribution in [1.29, 1.82) is 0 Å². The van der Waals surface area contributed by atoms with Crippen LogP contribution in [0.2, 0.25) is 5.02 Å². The Morgan fingerprint density at radius 3 is 2.60 bits per heavy atom. The lowest BCUT2D eigenvalue weighted by atomic mass is 10.3. The van der Waals surface area contributed by atoms with E-state index in [9.17, 15) is 0 Å². The van der Waals surface area contributed by atoms with Gasteiger partial charge in [-0.3, -0.25) is 0 Å². The van der Waals surface area contributed by atoms with E-state index in [-0.39, 0.29) is 0 Å².